The number of pyridine rings is 1. The van der Waals surface area contributed by atoms with Crippen LogP contribution in [0.2, 0.25) is 0 Å². The van der Waals surface area contributed by atoms with Crippen molar-refractivity contribution in [1.29, 1.82) is 0 Å². The van der Waals surface area contributed by atoms with Crippen molar-refractivity contribution in [3.63, 3.8) is 0 Å². The predicted octanol–water partition coefficient (Wildman–Crippen LogP) is 2.69. The summed E-state index contributed by atoms with van der Waals surface area (Å²) in [6.45, 7) is 2.07. The van der Waals surface area contributed by atoms with Gasteiger partial charge >= 0.3 is 5.97 Å². The summed E-state index contributed by atoms with van der Waals surface area (Å²) in [5.74, 6) is -0.436. The van der Waals surface area contributed by atoms with Gasteiger partial charge in [-0.25, -0.2) is 19.3 Å². The average molecular weight is 314 g/mol. The number of nitrogens with zero attached hydrogens (tertiary/aromatic N) is 4. The van der Waals surface area contributed by atoms with E-state index < -0.39 is 5.97 Å². The number of aromatic nitrogens is 4. The van der Waals surface area contributed by atoms with Gasteiger partial charge in [0.05, 0.1) is 24.0 Å². The molecule has 0 aromatic carbocycles. The largest absolute Gasteiger partial charge is 0.462 e. The molecule has 7 heteroatoms. The molecule has 3 rings (SSSR count). The van der Waals surface area contributed by atoms with Gasteiger partial charge in [-0.15, -0.1) is 0 Å². The van der Waals surface area contributed by atoms with E-state index in [0.717, 1.165) is 11.2 Å². The second kappa shape index (κ2) is 6.15. The van der Waals surface area contributed by atoms with Crippen LogP contribution in [0.4, 0.5) is 0 Å². The monoisotopic (exact) mass is 314 g/mol. The van der Waals surface area contributed by atoms with Crippen molar-refractivity contribution in [1.82, 2.24) is 19.6 Å². The smallest absolute Gasteiger partial charge is 0.341 e. The molecule has 6 nitrogen and oxygen atoms in total. The Balaban J connectivity index is 2.23. The summed E-state index contributed by atoms with van der Waals surface area (Å²) in [5.41, 5.74) is 2.51. The molecule has 0 atom stereocenters. The molecular formula is C15H14N4O2S. The minimum Gasteiger partial charge on any atom is -0.462 e. The number of rotatable bonds is 4. The first-order chi connectivity index (χ1) is 10.7. The predicted molar refractivity (Wildman–Crippen MR) is 84.0 cm³/mol. The Kier molecular flexibility index (Phi) is 4.06. The van der Waals surface area contributed by atoms with Crippen LogP contribution in [0.5, 0.6) is 0 Å². The third-order valence-electron chi connectivity index (χ3n) is 3.11. The van der Waals surface area contributed by atoms with E-state index in [1.54, 1.807) is 17.6 Å². The molecule has 3 heterocycles. The maximum absolute atomic E-state index is 12.2. The van der Waals surface area contributed by atoms with E-state index in [2.05, 4.69) is 15.1 Å². The number of thioether (sulfide) groups is 1. The van der Waals surface area contributed by atoms with Gasteiger partial charge < -0.3 is 4.74 Å². The average Bonchev–Trinajstić information content (AvgIpc) is 3.03. The number of carbonyl (C=O) groups is 1. The SMILES string of the molecule is CCOC(=O)c1cnc(SC)nc1-c1cccc2ccnn12. The van der Waals surface area contributed by atoms with E-state index in [1.165, 1.54) is 18.0 Å². The van der Waals surface area contributed by atoms with E-state index in [4.69, 9.17) is 4.74 Å². The summed E-state index contributed by atoms with van der Waals surface area (Å²) in [5, 5.41) is 4.88. The molecule has 0 aliphatic heterocycles. The van der Waals surface area contributed by atoms with Crippen LogP contribution in [0.1, 0.15) is 17.3 Å². The Bertz CT molecular complexity index is 831. The van der Waals surface area contributed by atoms with Crippen LogP contribution in [0.15, 0.2) is 41.8 Å². The zero-order chi connectivity index (χ0) is 15.5. The molecule has 3 aromatic heterocycles. The molecule has 0 saturated heterocycles. The summed E-state index contributed by atoms with van der Waals surface area (Å²) >= 11 is 1.41. The van der Waals surface area contributed by atoms with Crippen molar-refractivity contribution in [3.8, 4) is 11.4 Å². The molecule has 0 spiro atoms. The Morgan fingerprint density at radius 2 is 2.23 bits per heavy atom. The molecule has 0 saturated carbocycles. The lowest BCUT2D eigenvalue weighted by Crippen LogP contribution is -2.10. The minimum absolute atomic E-state index is 0.300. The molecule has 0 unspecified atom stereocenters. The maximum atomic E-state index is 12.2. The lowest BCUT2D eigenvalue weighted by atomic mass is 10.1. The highest BCUT2D eigenvalue weighted by atomic mass is 32.2. The summed E-state index contributed by atoms with van der Waals surface area (Å²) in [6, 6.07) is 7.61. The number of hydrogen-bond donors (Lipinski definition) is 0. The van der Waals surface area contributed by atoms with E-state index in [-0.39, 0.29) is 0 Å². The van der Waals surface area contributed by atoms with Crippen molar-refractivity contribution in [2.75, 3.05) is 12.9 Å². The van der Waals surface area contributed by atoms with E-state index in [0.29, 0.717) is 23.0 Å². The zero-order valence-electron chi connectivity index (χ0n) is 12.2. The zero-order valence-corrected chi connectivity index (χ0v) is 13.0. The Morgan fingerprint density at radius 1 is 1.36 bits per heavy atom. The molecule has 0 amide bonds. The highest BCUT2D eigenvalue weighted by Crippen LogP contribution is 2.24. The van der Waals surface area contributed by atoms with Gasteiger partial charge in [0.1, 0.15) is 11.3 Å². The van der Waals surface area contributed by atoms with Crippen LogP contribution in [0, 0.1) is 0 Å². The van der Waals surface area contributed by atoms with Crippen molar-refractivity contribution >= 4 is 23.2 Å². The van der Waals surface area contributed by atoms with Gasteiger partial charge in [-0.2, -0.15) is 5.10 Å². The van der Waals surface area contributed by atoms with Crippen LogP contribution in [-0.2, 0) is 4.74 Å². The standard InChI is InChI=1S/C15H14N4O2S/c1-3-21-14(20)11-9-16-15(22-2)18-13(11)12-6-4-5-10-7-8-17-19(10)12/h4-9H,3H2,1-2H3. The second-order valence-corrected chi connectivity index (χ2v) is 5.19. The molecule has 0 fully saturated rings. The highest BCUT2D eigenvalue weighted by Gasteiger charge is 2.19. The molecule has 0 radical (unpaired) electrons. The summed E-state index contributed by atoms with van der Waals surface area (Å²) in [4.78, 5) is 20.8. The molecule has 22 heavy (non-hydrogen) atoms. The van der Waals surface area contributed by atoms with Crippen molar-refractivity contribution < 1.29 is 9.53 Å². The summed E-state index contributed by atoms with van der Waals surface area (Å²) < 4.78 is 6.85. The van der Waals surface area contributed by atoms with Crippen LogP contribution < -0.4 is 0 Å². The van der Waals surface area contributed by atoms with Crippen LogP contribution in [0.3, 0.4) is 0 Å². The van der Waals surface area contributed by atoms with Gasteiger partial charge in [0, 0.05) is 6.20 Å². The number of ether oxygens (including phenoxy) is 1. The van der Waals surface area contributed by atoms with Crippen molar-refractivity contribution in [3.05, 3.63) is 42.2 Å². The molecule has 0 aliphatic rings. The molecule has 0 N–H and O–H groups in total. The van der Waals surface area contributed by atoms with Crippen LogP contribution in [-0.4, -0.2) is 38.4 Å². The topological polar surface area (TPSA) is 69.4 Å². The van der Waals surface area contributed by atoms with Gasteiger partial charge in [0.25, 0.3) is 0 Å². The summed E-state index contributed by atoms with van der Waals surface area (Å²) in [6.07, 6.45) is 5.10. The lowest BCUT2D eigenvalue weighted by Gasteiger charge is -2.10. The fraction of sp³-hybridized carbons (Fsp3) is 0.200. The first-order valence-corrected chi connectivity index (χ1v) is 7.98. The van der Waals surface area contributed by atoms with E-state index in [1.807, 2.05) is 30.5 Å². The van der Waals surface area contributed by atoms with Gasteiger partial charge in [0.2, 0.25) is 0 Å². The van der Waals surface area contributed by atoms with Crippen LogP contribution >= 0.6 is 11.8 Å². The molecule has 0 bridgehead atoms. The molecular weight excluding hydrogens is 300 g/mol. The normalized spacial score (nSPS) is 10.8. The van der Waals surface area contributed by atoms with Gasteiger partial charge in [-0.05, 0) is 31.4 Å². The first kappa shape index (κ1) is 14.5. The maximum Gasteiger partial charge on any atom is 0.341 e. The molecule has 112 valence electrons. The first-order valence-electron chi connectivity index (χ1n) is 6.76. The van der Waals surface area contributed by atoms with E-state index in [9.17, 15) is 4.79 Å². The highest BCUT2D eigenvalue weighted by molar-refractivity contribution is 7.98. The Morgan fingerprint density at radius 3 is 3.00 bits per heavy atom. The summed E-state index contributed by atoms with van der Waals surface area (Å²) in [7, 11) is 0. The number of carbonyl (C=O) groups excluding carboxylic acids is 1. The molecule has 0 aliphatic carbocycles. The molecule has 3 aromatic rings. The van der Waals surface area contributed by atoms with Gasteiger partial charge in [0.15, 0.2) is 5.16 Å². The lowest BCUT2D eigenvalue weighted by molar-refractivity contribution is 0.0526. The van der Waals surface area contributed by atoms with Crippen LogP contribution in [0.25, 0.3) is 16.9 Å². The number of esters is 1. The second-order valence-electron chi connectivity index (χ2n) is 4.42. The van der Waals surface area contributed by atoms with Gasteiger partial charge in [-0.3, -0.25) is 0 Å². The van der Waals surface area contributed by atoms with Gasteiger partial charge in [-0.1, -0.05) is 17.8 Å². The third-order valence-corrected chi connectivity index (χ3v) is 3.67. The fourth-order valence-electron chi connectivity index (χ4n) is 2.15. The third kappa shape index (κ3) is 2.55. The van der Waals surface area contributed by atoms with E-state index >= 15 is 0 Å². The quantitative estimate of drug-likeness (QED) is 0.419. The Hall–Kier alpha value is -2.41. The Labute approximate surface area is 131 Å². The number of fused-ring (bicyclic) bond motifs is 1. The van der Waals surface area contributed by atoms with Crippen molar-refractivity contribution in [2.45, 2.75) is 12.1 Å². The minimum atomic E-state index is -0.436. The number of hydrogen-bond acceptors (Lipinski definition) is 6. The van der Waals surface area contributed by atoms with Crippen molar-refractivity contribution in [2.24, 2.45) is 0 Å². The fourth-order valence-corrected chi connectivity index (χ4v) is 2.49.